The molecule has 0 aliphatic rings. The fourth-order valence-corrected chi connectivity index (χ4v) is 1.12. The summed E-state index contributed by atoms with van der Waals surface area (Å²) >= 11 is 5.88. The Kier molecular flexibility index (Phi) is 4.35. The summed E-state index contributed by atoms with van der Waals surface area (Å²) in [5.74, 6) is 0.340. The third-order valence-electron chi connectivity index (χ3n) is 1.58. The van der Waals surface area contributed by atoms with E-state index in [0.29, 0.717) is 29.7 Å². The number of amidine groups is 1. The van der Waals surface area contributed by atoms with Gasteiger partial charge in [0, 0.05) is 13.3 Å². The topological polar surface area (TPSA) is 60.5 Å². The Morgan fingerprint density at radius 2 is 2.50 bits per heavy atom. The zero-order chi connectivity index (χ0) is 10.4. The smallest absolute Gasteiger partial charge is 0.146 e. The van der Waals surface area contributed by atoms with Crippen molar-refractivity contribution >= 4 is 17.4 Å². The average molecular weight is 214 g/mol. The third kappa shape index (κ3) is 2.97. The molecule has 14 heavy (non-hydrogen) atoms. The maximum atomic E-state index is 5.88. The molecule has 0 saturated heterocycles. The summed E-state index contributed by atoms with van der Waals surface area (Å²) in [5.41, 5.74) is 6.20. The maximum absolute atomic E-state index is 5.88. The number of nitrogens with two attached hydrogens (primary N) is 1. The standard InChI is InChI=1S/C9H12ClN3O/c1-14-6-5-13-9(11)8-7(10)3-2-4-12-8/h2-4H,5-6H2,1H3,(H2,11,13). The number of nitrogens with zero attached hydrogens (tertiary/aromatic N) is 2. The largest absolute Gasteiger partial charge is 0.383 e. The van der Waals surface area contributed by atoms with Crippen LogP contribution in [0.3, 0.4) is 0 Å². The third-order valence-corrected chi connectivity index (χ3v) is 1.88. The molecule has 2 N–H and O–H groups in total. The second-order valence-electron chi connectivity index (χ2n) is 2.59. The second kappa shape index (κ2) is 5.57. The van der Waals surface area contributed by atoms with Crippen LogP contribution in [0.15, 0.2) is 23.3 Å². The van der Waals surface area contributed by atoms with Crippen molar-refractivity contribution in [3.8, 4) is 0 Å². The number of hydrogen-bond acceptors (Lipinski definition) is 3. The van der Waals surface area contributed by atoms with Gasteiger partial charge < -0.3 is 10.5 Å². The van der Waals surface area contributed by atoms with Gasteiger partial charge in [-0.15, -0.1) is 0 Å². The summed E-state index contributed by atoms with van der Waals surface area (Å²) in [6.45, 7) is 1.04. The van der Waals surface area contributed by atoms with Crippen LogP contribution in [0, 0.1) is 0 Å². The van der Waals surface area contributed by atoms with Crippen LogP contribution in [0.2, 0.25) is 5.02 Å². The Morgan fingerprint density at radius 3 is 3.14 bits per heavy atom. The number of ether oxygens (including phenoxy) is 1. The van der Waals surface area contributed by atoms with Crippen LogP contribution in [-0.2, 0) is 4.74 Å². The molecule has 1 heterocycles. The Balaban J connectivity index is 2.73. The summed E-state index contributed by atoms with van der Waals surface area (Å²) in [7, 11) is 1.61. The Labute approximate surface area is 87.8 Å². The van der Waals surface area contributed by atoms with Gasteiger partial charge in [-0.05, 0) is 12.1 Å². The highest BCUT2D eigenvalue weighted by atomic mass is 35.5. The van der Waals surface area contributed by atoms with Gasteiger partial charge in [0.15, 0.2) is 0 Å². The van der Waals surface area contributed by atoms with Crippen LogP contribution in [0.25, 0.3) is 0 Å². The molecule has 0 atom stereocenters. The Morgan fingerprint density at radius 1 is 1.71 bits per heavy atom. The van der Waals surface area contributed by atoms with Gasteiger partial charge in [-0.2, -0.15) is 0 Å². The molecule has 76 valence electrons. The fraction of sp³-hybridized carbons (Fsp3) is 0.333. The van der Waals surface area contributed by atoms with Crippen LogP contribution in [-0.4, -0.2) is 31.1 Å². The number of hydrogen-bond donors (Lipinski definition) is 1. The normalized spacial score (nSPS) is 11.7. The minimum atomic E-state index is 0.340. The number of pyridine rings is 1. The van der Waals surface area contributed by atoms with E-state index in [4.69, 9.17) is 22.1 Å². The molecule has 0 amide bonds. The van der Waals surface area contributed by atoms with Crippen LogP contribution in [0.4, 0.5) is 0 Å². The quantitative estimate of drug-likeness (QED) is 0.463. The Bertz CT molecular complexity index is 328. The van der Waals surface area contributed by atoms with Gasteiger partial charge in [-0.1, -0.05) is 11.6 Å². The predicted octanol–water partition coefficient (Wildman–Crippen LogP) is 1.09. The summed E-state index contributed by atoms with van der Waals surface area (Å²) in [6.07, 6.45) is 1.62. The lowest BCUT2D eigenvalue weighted by atomic mass is 10.3. The summed E-state index contributed by atoms with van der Waals surface area (Å²) in [4.78, 5) is 8.10. The zero-order valence-corrected chi connectivity index (χ0v) is 8.66. The van der Waals surface area contributed by atoms with E-state index in [-0.39, 0.29) is 0 Å². The molecular weight excluding hydrogens is 202 g/mol. The SMILES string of the molecule is COCCN=C(N)c1ncccc1Cl. The van der Waals surface area contributed by atoms with Crippen LogP contribution < -0.4 is 5.73 Å². The van der Waals surface area contributed by atoms with E-state index in [1.54, 1.807) is 25.4 Å². The molecule has 0 aromatic carbocycles. The Hall–Kier alpha value is -1.13. The minimum absolute atomic E-state index is 0.340. The highest BCUT2D eigenvalue weighted by molar-refractivity contribution is 6.33. The molecule has 1 aromatic heterocycles. The monoisotopic (exact) mass is 213 g/mol. The van der Waals surface area contributed by atoms with Crippen molar-refractivity contribution < 1.29 is 4.74 Å². The molecule has 0 fully saturated rings. The van der Waals surface area contributed by atoms with E-state index in [9.17, 15) is 0 Å². The van der Waals surface area contributed by atoms with Crippen molar-refractivity contribution in [1.29, 1.82) is 0 Å². The van der Waals surface area contributed by atoms with E-state index in [0.717, 1.165) is 0 Å². The van der Waals surface area contributed by atoms with Gasteiger partial charge in [0.05, 0.1) is 18.2 Å². The van der Waals surface area contributed by atoms with Gasteiger partial charge in [0.25, 0.3) is 0 Å². The molecule has 4 nitrogen and oxygen atoms in total. The molecule has 0 spiro atoms. The number of halogens is 1. The molecule has 0 unspecified atom stereocenters. The van der Waals surface area contributed by atoms with Crippen molar-refractivity contribution in [1.82, 2.24) is 4.98 Å². The summed E-state index contributed by atoms with van der Waals surface area (Å²) in [6, 6.07) is 3.47. The molecule has 0 saturated carbocycles. The molecule has 0 radical (unpaired) electrons. The number of aliphatic imine (C=N–C) groups is 1. The highest BCUT2D eigenvalue weighted by Gasteiger charge is 2.03. The molecule has 0 bridgehead atoms. The molecule has 1 aromatic rings. The number of aromatic nitrogens is 1. The second-order valence-corrected chi connectivity index (χ2v) is 3.00. The van der Waals surface area contributed by atoms with Gasteiger partial charge in [0.2, 0.25) is 0 Å². The van der Waals surface area contributed by atoms with Crippen molar-refractivity contribution in [3.05, 3.63) is 29.0 Å². The molecule has 1 rings (SSSR count). The first-order valence-electron chi connectivity index (χ1n) is 4.15. The van der Waals surface area contributed by atoms with E-state index < -0.39 is 0 Å². The van der Waals surface area contributed by atoms with Crippen molar-refractivity contribution in [2.24, 2.45) is 10.7 Å². The predicted molar refractivity (Wildman–Crippen MR) is 56.7 cm³/mol. The van der Waals surface area contributed by atoms with E-state index >= 15 is 0 Å². The average Bonchev–Trinajstić information content (AvgIpc) is 2.18. The first kappa shape index (κ1) is 10.9. The minimum Gasteiger partial charge on any atom is -0.383 e. The molecule has 0 aliphatic carbocycles. The maximum Gasteiger partial charge on any atom is 0.146 e. The lowest BCUT2D eigenvalue weighted by Crippen LogP contribution is -2.17. The van der Waals surface area contributed by atoms with Gasteiger partial charge in [-0.25, -0.2) is 0 Å². The first-order valence-corrected chi connectivity index (χ1v) is 4.53. The van der Waals surface area contributed by atoms with E-state index in [2.05, 4.69) is 9.98 Å². The van der Waals surface area contributed by atoms with Crippen molar-refractivity contribution in [2.45, 2.75) is 0 Å². The van der Waals surface area contributed by atoms with E-state index in [1.165, 1.54) is 0 Å². The van der Waals surface area contributed by atoms with E-state index in [1.807, 2.05) is 0 Å². The lowest BCUT2D eigenvalue weighted by molar-refractivity contribution is 0.208. The summed E-state index contributed by atoms with van der Waals surface area (Å²) in [5, 5.41) is 0.506. The van der Waals surface area contributed by atoms with Gasteiger partial charge in [0.1, 0.15) is 11.5 Å². The molecule has 0 aliphatic heterocycles. The van der Waals surface area contributed by atoms with Crippen LogP contribution >= 0.6 is 11.6 Å². The lowest BCUT2D eigenvalue weighted by Gasteiger charge is -2.01. The van der Waals surface area contributed by atoms with Gasteiger partial charge >= 0.3 is 0 Å². The molecular formula is C9H12ClN3O. The van der Waals surface area contributed by atoms with Crippen LogP contribution in [0.5, 0.6) is 0 Å². The fourth-order valence-electron chi connectivity index (χ4n) is 0.906. The van der Waals surface area contributed by atoms with Crippen molar-refractivity contribution in [2.75, 3.05) is 20.3 Å². The van der Waals surface area contributed by atoms with Gasteiger partial charge in [-0.3, -0.25) is 9.98 Å². The van der Waals surface area contributed by atoms with Crippen molar-refractivity contribution in [3.63, 3.8) is 0 Å². The summed E-state index contributed by atoms with van der Waals surface area (Å²) < 4.78 is 4.84. The zero-order valence-electron chi connectivity index (χ0n) is 7.90. The highest BCUT2D eigenvalue weighted by Crippen LogP contribution is 2.11. The first-order chi connectivity index (χ1) is 6.75. The van der Waals surface area contributed by atoms with Crippen LogP contribution in [0.1, 0.15) is 5.69 Å². The number of methoxy groups -OCH3 is 1. The molecule has 5 heteroatoms. The number of rotatable bonds is 4.